The molecule has 2 rings (SSSR count). The van der Waals surface area contributed by atoms with Crippen LogP contribution < -0.4 is 10.1 Å². The molecule has 0 aliphatic carbocycles. The minimum Gasteiger partial charge on any atom is -0.491 e. The van der Waals surface area contributed by atoms with Crippen molar-refractivity contribution in [2.75, 3.05) is 6.54 Å². The molecule has 0 saturated carbocycles. The van der Waals surface area contributed by atoms with Crippen LogP contribution in [0.15, 0.2) is 24.3 Å². The molecule has 0 amide bonds. The van der Waals surface area contributed by atoms with E-state index in [2.05, 4.69) is 5.32 Å². The van der Waals surface area contributed by atoms with Gasteiger partial charge in [-0.25, -0.2) is 4.39 Å². The zero-order chi connectivity index (χ0) is 14.6. The molecule has 0 spiro atoms. The van der Waals surface area contributed by atoms with E-state index in [1.807, 2.05) is 38.1 Å². The Morgan fingerprint density at radius 3 is 2.75 bits per heavy atom. The molecule has 1 aliphatic rings. The summed E-state index contributed by atoms with van der Waals surface area (Å²) in [6.45, 7) is 6.61. The number of ether oxygens (including phenoxy) is 1. The fourth-order valence-corrected chi connectivity index (χ4v) is 2.92. The van der Waals surface area contributed by atoms with Gasteiger partial charge in [0.2, 0.25) is 0 Å². The molecule has 1 aromatic carbocycles. The Hall–Kier alpha value is -1.09. The third-order valence-corrected chi connectivity index (χ3v) is 3.85. The zero-order valence-electron chi connectivity index (χ0n) is 12.8. The Morgan fingerprint density at radius 2 is 2.10 bits per heavy atom. The summed E-state index contributed by atoms with van der Waals surface area (Å²) >= 11 is 0. The largest absolute Gasteiger partial charge is 0.491 e. The van der Waals surface area contributed by atoms with Crippen LogP contribution >= 0.6 is 0 Å². The second kappa shape index (κ2) is 6.57. The molecule has 1 heterocycles. The van der Waals surface area contributed by atoms with E-state index in [0.717, 1.165) is 13.0 Å². The van der Waals surface area contributed by atoms with Crippen LogP contribution in [0.4, 0.5) is 4.39 Å². The van der Waals surface area contributed by atoms with E-state index in [1.165, 1.54) is 12.8 Å². The highest BCUT2D eigenvalue weighted by Crippen LogP contribution is 2.38. The molecule has 1 saturated heterocycles. The monoisotopic (exact) mass is 279 g/mol. The number of alkyl halides is 1. The first-order valence-electron chi connectivity index (χ1n) is 7.67. The van der Waals surface area contributed by atoms with Gasteiger partial charge in [0.1, 0.15) is 11.4 Å². The van der Waals surface area contributed by atoms with Crippen LogP contribution in [0.25, 0.3) is 0 Å². The number of para-hydroxylation sites is 1. The van der Waals surface area contributed by atoms with E-state index in [4.69, 9.17) is 4.74 Å². The number of rotatable bonds is 5. The van der Waals surface area contributed by atoms with Crippen molar-refractivity contribution >= 4 is 0 Å². The highest BCUT2D eigenvalue weighted by molar-refractivity contribution is 5.38. The fourth-order valence-electron chi connectivity index (χ4n) is 2.92. The van der Waals surface area contributed by atoms with Crippen LogP contribution in [0.2, 0.25) is 0 Å². The summed E-state index contributed by atoms with van der Waals surface area (Å²) in [4.78, 5) is 0. The van der Waals surface area contributed by atoms with Crippen LogP contribution in [0, 0.1) is 0 Å². The molecule has 2 nitrogen and oxygen atoms in total. The number of benzene rings is 1. The topological polar surface area (TPSA) is 21.3 Å². The average Bonchev–Trinajstić information content (AvgIpc) is 2.39. The van der Waals surface area contributed by atoms with Crippen LogP contribution in [0.1, 0.15) is 52.0 Å². The molecule has 1 N–H and O–H groups in total. The van der Waals surface area contributed by atoms with Crippen LogP contribution in [-0.4, -0.2) is 18.7 Å². The number of hydrogen-bond acceptors (Lipinski definition) is 2. The second-order valence-electron chi connectivity index (χ2n) is 6.21. The van der Waals surface area contributed by atoms with Gasteiger partial charge in [-0.3, -0.25) is 0 Å². The van der Waals surface area contributed by atoms with Crippen molar-refractivity contribution in [1.82, 2.24) is 5.32 Å². The molecular weight excluding hydrogens is 253 g/mol. The van der Waals surface area contributed by atoms with Gasteiger partial charge in [0.05, 0.1) is 6.10 Å². The molecule has 0 bridgehead atoms. The predicted octanol–water partition coefficient (Wildman–Crippen LogP) is 4.19. The highest BCUT2D eigenvalue weighted by Gasteiger charge is 2.33. The number of hydrogen-bond donors (Lipinski definition) is 1. The Labute approximate surface area is 121 Å². The van der Waals surface area contributed by atoms with Crippen LogP contribution in [0.5, 0.6) is 5.75 Å². The van der Waals surface area contributed by atoms with Gasteiger partial charge in [-0.15, -0.1) is 0 Å². The van der Waals surface area contributed by atoms with E-state index in [1.54, 1.807) is 6.92 Å². The molecule has 0 aromatic heterocycles. The second-order valence-corrected chi connectivity index (χ2v) is 6.21. The van der Waals surface area contributed by atoms with Crippen molar-refractivity contribution in [2.45, 2.75) is 64.3 Å². The minimum absolute atomic E-state index is 0.0553. The van der Waals surface area contributed by atoms with Gasteiger partial charge in [-0.05, 0) is 46.2 Å². The lowest BCUT2D eigenvalue weighted by Crippen LogP contribution is -2.38. The number of nitrogens with one attached hydrogen (secondary N) is 1. The van der Waals surface area contributed by atoms with E-state index in [-0.39, 0.29) is 12.1 Å². The predicted molar refractivity (Wildman–Crippen MR) is 80.9 cm³/mol. The summed E-state index contributed by atoms with van der Waals surface area (Å²) in [5.41, 5.74) is -0.693. The van der Waals surface area contributed by atoms with Crippen molar-refractivity contribution in [3.8, 4) is 5.75 Å². The summed E-state index contributed by atoms with van der Waals surface area (Å²) in [5.74, 6) is 0.670. The van der Waals surface area contributed by atoms with Crippen molar-refractivity contribution in [1.29, 1.82) is 0 Å². The Balaban J connectivity index is 2.15. The molecule has 0 radical (unpaired) electrons. The quantitative estimate of drug-likeness (QED) is 0.872. The summed E-state index contributed by atoms with van der Waals surface area (Å²) in [7, 11) is 0. The fraction of sp³-hybridized carbons (Fsp3) is 0.647. The zero-order valence-corrected chi connectivity index (χ0v) is 12.8. The van der Waals surface area contributed by atoms with Gasteiger partial charge in [-0.2, -0.15) is 0 Å². The number of piperidine rings is 1. The van der Waals surface area contributed by atoms with Crippen molar-refractivity contribution < 1.29 is 9.13 Å². The lowest BCUT2D eigenvalue weighted by atomic mass is 9.87. The Bertz CT molecular complexity index is 425. The third-order valence-electron chi connectivity index (χ3n) is 3.85. The SMILES string of the molecule is CC(C)Oc1ccccc1C(C)(F)CC1CCCCN1. The Morgan fingerprint density at radius 1 is 1.35 bits per heavy atom. The average molecular weight is 279 g/mol. The van der Waals surface area contributed by atoms with Gasteiger partial charge in [0.15, 0.2) is 0 Å². The highest BCUT2D eigenvalue weighted by atomic mass is 19.1. The standard InChI is InChI=1S/C17H26FNO/c1-13(2)20-16-10-5-4-9-15(16)17(3,18)12-14-8-6-7-11-19-14/h4-5,9-10,13-14,19H,6-8,11-12H2,1-3H3. The van der Waals surface area contributed by atoms with Gasteiger partial charge in [0.25, 0.3) is 0 Å². The molecule has 20 heavy (non-hydrogen) atoms. The molecule has 2 unspecified atom stereocenters. The number of halogens is 1. The van der Waals surface area contributed by atoms with Gasteiger partial charge < -0.3 is 10.1 Å². The molecular formula is C17H26FNO. The first-order chi connectivity index (χ1) is 9.49. The van der Waals surface area contributed by atoms with Gasteiger partial charge >= 0.3 is 0 Å². The normalized spacial score (nSPS) is 22.6. The lowest BCUT2D eigenvalue weighted by Gasteiger charge is -2.31. The molecule has 112 valence electrons. The third kappa shape index (κ3) is 3.95. The maximum atomic E-state index is 15.2. The molecule has 2 atom stereocenters. The summed E-state index contributed by atoms with van der Waals surface area (Å²) in [5, 5.41) is 3.42. The first kappa shape index (κ1) is 15.3. The minimum atomic E-state index is -1.36. The van der Waals surface area contributed by atoms with E-state index in [0.29, 0.717) is 17.7 Å². The van der Waals surface area contributed by atoms with Crippen molar-refractivity contribution in [3.63, 3.8) is 0 Å². The Kier molecular flexibility index (Phi) is 5.03. The lowest BCUT2D eigenvalue weighted by molar-refractivity contribution is 0.136. The van der Waals surface area contributed by atoms with E-state index >= 15 is 4.39 Å². The maximum absolute atomic E-state index is 15.2. The maximum Gasteiger partial charge on any atom is 0.138 e. The summed E-state index contributed by atoms with van der Waals surface area (Å²) in [6, 6.07) is 7.76. The molecule has 3 heteroatoms. The van der Waals surface area contributed by atoms with Crippen LogP contribution in [0.3, 0.4) is 0 Å². The van der Waals surface area contributed by atoms with Crippen molar-refractivity contribution in [2.24, 2.45) is 0 Å². The molecule has 1 aromatic rings. The van der Waals surface area contributed by atoms with Crippen LogP contribution in [-0.2, 0) is 5.67 Å². The molecule has 1 fully saturated rings. The van der Waals surface area contributed by atoms with E-state index in [9.17, 15) is 0 Å². The summed E-state index contributed by atoms with van der Waals surface area (Å²) in [6.07, 6.45) is 4.02. The van der Waals surface area contributed by atoms with Gasteiger partial charge in [-0.1, -0.05) is 24.6 Å². The summed E-state index contributed by atoms with van der Waals surface area (Å²) < 4.78 is 21.0. The molecule has 1 aliphatic heterocycles. The van der Waals surface area contributed by atoms with E-state index < -0.39 is 5.67 Å². The van der Waals surface area contributed by atoms with Crippen molar-refractivity contribution in [3.05, 3.63) is 29.8 Å². The first-order valence-corrected chi connectivity index (χ1v) is 7.67. The smallest absolute Gasteiger partial charge is 0.138 e. The van der Waals surface area contributed by atoms with Gasteiger partial charge in [0, 0.05) is 18.0 Å².